The third-order valence-corrected chi connectivity index (χ3v) is 10.7. The maximum absolute atomic E-state index is 13.7. The number of esters is 2. The second-order valence-corrected chi connectivity index (χ2v) is 15.5. The molecule has 1 aliphatic carbocycles. The number of thioether (sulfide) groups is 2. The molecule has 0 aromatic carbocycles. The summed E-state index contributed by atoms with van der Waals surface area (Å²) in [6.07, 6.45) is 7.11. The Kier molecular flexibility index (Phi) is 20.6. The number of aliphatic hydroxyl groups excluding tert-OH is 2. The van der Waals surface area contributed by atoms with Gasteiger partial charge in [0.25, 0.3) is 0 Å². The Hall–Kier alpha value is -1.45. The van der Waals surface area contributed by atoms with Crippen molar-refractivity contribution in [1.82, 2.24) is 15.5 Å². The molecule has 0 spiro atoms. The van der Waals surface area contributed by atoms with Gasteiger partial charge >= 0.3 is 18.0 Å². The first-order valence-corrected chi connectivity index (χ1v) is 18.2. The average molecular weight is 714 g/mol. The monoisotopic (exact) mass is 713 g/mol. The van der Waals surface area contributed by atoms with Crippen molar-refractivity contribution in [3.8, 4) is 0 Å². The van der Waals surface area contributed by atoms with Gasteiger partial charge < -0.3 is 40.0 Å². The van der Waals surface area contributed by atoms with Gasteiger partial charge in [0.15, 0.2) is 0 Å². The van der Waals surface area contributed by atoms with Crippen LogP contribution in [0.25, 0.3) is 0 Å². The SMILES string of the molecule is COC(=O)[C@H]1C[C@@H](SCCCO)CN1.COC(=O)[C@H]1C[C@@H](SCCCO)CN1C(=O)[C@@H](NC(=O)OC(C)(C)C)C1CCCCC1.Cl. The molecule has 12 nitrogen and oxygen atoms in total. The van der Waals surface area contributed by atoms with Crippen LogP contribution >= 0.6 is 35.9 Å². The summed E-state index contributed by atoms with van der Waals surface area (Å²) in [7, 11) is 2.74. The summed E-state index contributed by atoms with van der Waals surface area (Å²) < 4.78 is 15.0. The van der Waals surface area contributed by atoms with Gasteiger partial charge in [0.1, 0.15) is 23.7 Å². The number of aliphatic hydroxyl groups is 2. The highest BCUT2D eigenvalue weighted by Gasteiger charge is 2.45. The van der Waals surface area contributed by atoms with E-state index in [2.05, 4.69) is 15.4 Å². The molecular weight excluding hydrogens is 658 g/mol. The zero-order valence-electron chi connectivity index (χ0n) is 28.0. The topological polar surface area (TPSA) is 164 Å². The molecule has 15 heteroatoms. The molecule has 2 aliphatic heterocycles. The number of amides is 2. The number of nitrogens with zero attached hydrogens (tertiary/aromatic N) is 1. The largest absolute Gasteiger partial charge is 0.468 e. The minimum absolute atomic E-state index is 0. The number of likely N-dealkylation sites (tertiary alicyclic amines) is 1. The van der Waals surface area contributed by atoms with E-state index in [1.807, 2.05) is 11.8 Å². The molecule has 2 saturated heterocycles. The molecule has 0 aromatic heterocycles. The summed E-state index contributed by atoms with van der Waals surface area (Å²) in [5.41, 5.74) is -0.666. The summed E-state index contributed by atoms with van der Waals surface area (Å²) in [6, 6.07) is -1.51. The van der Waals surface area contributed by atoms with Crippen molar-refractivity contribution in [2.45, 2.75) is 113 Å². The van der Waals surface area contributed by atoms with Crippen molar-refractivity contribution >= 4 is 59.9 Å². The lowest BCUT2D eigenvalue weighted by Crippen LogP contribution is -2.55. The third kappa shape index (κ3) is 14.8. The number of carbonyl (C=O) groups is 4. The van der Waals surface area contributed by atoms with Gasteiger partial charge in [-0.2, -0.15) is 23.5 Å². The fraction of sp³-hybridized carbons (Fsp3) is 0.871. The Labute approximate surface area is 289 Å². The molecule has 4 N–H and O–H groups in total. The Bertz CT molecular complexity index is 937. The summed E-state index contributed by atoms with van der Waals surface area (Å²) in [4.78, 5) is 51.3. The molecule has 1 saturated carbocycles. The quantitative estimate of drug-likeness (QED) is 0.126. The van der Waals surface area contributed by atoms with E-state index in [4.69, 9.17) is 19.7 Å². The molecule has 3 fully saturated rings. The molecule has 3 rings (SSSR count). The van der Waals surface area contributed by atoms with E-state index in [0.717, 1.165) is 63.0 Å². The second kappa shape index (κ2) is 22.2. The van der Waals surface area contributed by atoms with Gasteiger partial charge in [-0.15, -0.1) is 12.4 Å². The van der Waals surface area contributed by atoms with Crippen LogP contribution in [0, 0.1) is 5.92 Å². The van der Waals surface area contributed by atoms with Crippen molar-refractivity contribution in [1.29, 1.82) is 0 Å². The fourth-order valence-electron chi connectivity index (χ4n) is 5.76. The number of alkyl carbamates (subject to hydrolysis) is 1. The number of halogens is 1. The molecular formula is C31H56ClN3O9S2. The van der Waals surface area contributed by atoms with Crippen LogP contribution in [-0.2, 0) is 28.6 Å². The first-order valence-electron chi connectivity index (χ1n) is 16.1. The number of hydrogen-bond donors (Lipinski definition) is 4. The van der Waals surface area contributed by atoms with Crippen LogP contribution in [0.3, 0.4) is 0 Å². The van der Waals surface area contributed by atoms with E-state index in [0.29, 0.717) is 24.6 Å². The highest BCUT2D eigenvalue weighted by atomic mass is 35.5. The van der Waals surface area contributed by atoms with Gasteiger partial charge in [-0.25, -0.2) is 9.59 Å². The zero-order chi connectivity index (χ0) is 33.4. The molecule has 0 aromatic rings. The Balaban J connectivity index is 0.000000591. The summed E-state index contributed by atoms with van der Waals surface area (Å²) in [5, 5.41) is 24.2. The standard InChI is InChI=1S/C22H38N2O6S.C9H17NO3S.ClH/c1-22(2,3)30-21(28)23-18(15-9-6-5-7-10-15)19(26)24-14-16(31-12-8-11-25)13-17(24)20(27)29-4;1-13-9(12)8-5-7(6-10-8)14-4-2-3-11;/h15-18,25H,5-14H2,1-4H3,(H,23,28);7-8,10-11H,2-6H2,1H3;1H/t16-,17-,18+;7-,8-;/m11./s1. The van der Waals surface area contributed by atoms with E-state index in [1.54, 1.807) is 37.4 Å². The van der Waals surface area contributed by atoms with Crippen LogP contribution < -0.4 is 10.6 Å². The zero-order valence-corrected chi connectivity index (χ0v) is 30.4. The van der Waals surface area contributed by atoms with Gasteiger partial charge in [0, 0.05) is 36.8 Å². The first kappa shape index (κ1) is 42.6. The molecule has 0 unspecified atom stereocenters. The number of rotatable bonds is 13. The Morgan fingerprint density at radius 3 is 2.04 bits per heavy atom. The average Bonchev–Trinajstić information content (AvgIpc) is 3.67. The van der Waals surface area contributed by atoms with Crippen LogP contribution in [0.5, 0.6) is 0 Å². The van der Waals surface area contributed by atoms with Crippen LogP contribution in [0.15, 0.2) is 0 Å². The number of carbonyl (C=O) groups excluding carboxylic acids is 4. The third-order valence-electron chi connectivity index (χ3n) is 7.97. The predicted octanol–water partition coefficient (Wildman–Crippen LogP) is 3.15. The van der Waals surface area contributed by atoms with E-state index in [1.165, 1.54) is 14.2 Å². The molecule has 2 amide bonds. The maximum Gasteiger partial charge on any atom is 0.408 e. The second-order valence-electron chi connectivity index (χ2n) is 12.6. The fourth-order valence-corrected chi connectivity index (χ4v) is 8.15. The Morgan fingerprint density at radius 2 is 1.50 bits per heavy atom. The van der Waals surface area contributed by atoms with E-state index < -0.39 is 29.7 Å². The van der Waals surface area contributed by atoms with Crippen molar-refractivity contribution in [2.24, 2.45) is 5.92 Å². The molecule has 268 valence electrons. The van der Waals surface area contributed by atoms with Crippen molar-refractivity contribution in [2.75, 3.05) is 52.0 Å². The summed E-state index contributed by atoms with van der Waals surface area (Å²) >= 11 is 3.47. The highest BCUT2D eigenvalue weighted by molar-refractivity contribution is 8.00. The molecule has 0 radical (unpaired) electrons. The van der Waals surface area contributed by atoms with Crippen molar-refractivity contribution in [3.63, 3.8) is 0 Å². The van der Waals surface area contributed by atoms with Crippen molar-refractivity contribution < 1.29 is 43.6 Å². The van der Waals surface area contributed by atoms with Crippen LogP contribution in [0.1, 0.15) is 78.6 Å². The lowest BCUT2D eigenvalue weighted by molar-refractivity contribution is -0.152. The first-order chi connectivity index (χ1) is 21.4. The van der Waals surface area contributed by atoms with Crippen molar-refractivity contribution in [3.05, 3.63) is 0 Å². The minimum Gasteiger partial charge on any atom is -0.468 e. The van der Waals surface area contributed by atoms with Gasteiger partial charge in [0.05, 0.1) is 14.2 Å². The number of methoxy groups -OCH3 is 2. The van der Waals surface area contributed by atoms with Gasteiger partial charge in [-0.05, 0) is 76.7 Å². The van der Waals surface area contributed by atoms with Gasteiger partial charge in [-0.3, -0.25) is 9.59 Å². The van der Waals surface area contributed by atoms with Gasteiger partial charge in [-0.1, -0.05) is 19.3 Å². The minimum atomic E-state index is -0.719. The van der Waals surface area contributed by atoms with Crippen LogP contribution in [-0.4, -0.2) is 125 Å². The van der Waals surface area contributed by atoms with E-state index in [9.17, 15) is 19.2 Å². The lowest BCUT2D eigenvalue weighted by Gasteiger charge is -2.34. The maximum atomic E-state index is 13.7. The van der Waals surface area contributed by atoms with Crippen LogP contribution in [0.2, 0.25) is 0 Å². The van der Waals surface area contributed by atoms with E-state index >= 15 is 0 Å². The molecule has 3 aliphatic rings. The summed E-state index contributed by atoms with van der Waals surface area (Å²) in [6.45, 7) is 6.99. The molecule has 5 atom stereocenters. The lowest BCUT2D eigenvalue weighted by atomic mass is 9.83. The van der Waals surface area contributed by atoms with Gasteiger partial charge in [0.2, 0.25) is 5.91 Å². The summed E-state index contributed by atoms with van der Waals surface area (Å²) in [5.74, 6) is 0.899. The molecule has 2 heterocycles. The normalized spacial score (nSPS) is 23.8. The smallest absolute Gasteiger partial charge is 0.408 e. The molecule has 0 bridgehead atoms. The number of nitrogens with one attached hydrogen (secondary N) is 2. The predicted molar refractivity (Wildman–Crippen MR) is 183 cm³/mol. The number of hydrogen-bond acceptors (Lipinski definition) is 12. The van der Waals surface area contributed by atoms with E-state index in [-0.39, 0.29) is 54.7 Å². The Morgan fingerprint density at radius 1 is 0.913 bits per heavy atom. The molecule has 46 heavy (non-hydrogen) atoms. The number of ether oxygens (including phenoxy) is 3. The highest BCUT2D eigenvalue weighted by Crippen LogP contribution is 2.33. The van der Waals surface area contributed by atoms with Crippen LogP contribution in [0.4, 0.5) is 4.79 Å².